The number of hydrogen-bond acceptors (Lipinski definition) is 4. The Bertz CT molecular complexity index is 262. The normalized spacial score (nSPS) is 8.42. The Balaban J connectivity index is 0.00000121. The molecule has 5 nitrogen and oxygen atoms in total. The Morgan fingerprint density at radius 1 is 1.33 bits per heavy atom. The molecule has 0 aliphatic carbocycles. The van der Waals surface area contributed by atoms with E-state index in [1.54, 1.807) is 0 Å². The van der Waals surface area contributed by atoms with Crippen LogP contribution in [0.3, 0.4) is 0 Å². The van der Waals surface area contributed by atoms with Gasteiger partial charge in [-0.05, 0) is 12.1 Å². The average Bonchev–Trinajstić information content (AvgIpc) is 2.05. The van der Waals surface area contributed by atoms with Gasteiger partial charge in [0.05, 0.1) is 4.92 Å². The summed E-state index contributed by atoms with van der Waals surface area (Å²) in [6, 6.07) is 5.85. The van der Waals surface area contributed by atoms with Crippen molar-refractivity contribution in [1.29, 1.82) is 0 Å². The van der Waals surface area contributed by atoms with Gasteiger partial charge in [-0.15, -0.1) is 17.0 Å². The Morgan fingerprint density at radius 2 is 1.83 bits per heavy atom. The summed E-state index contributed by atoms with van der Waals surface area (Å²) in [6.07, 6.45) is 0. The Labute approximate surface area is 79.5 Å². The van der Waals surface area contributed by atoms with Crippen molar-refractivity contribution in [1.82, 2.24) is 0 Å². The molecule has 0 bridgehead atoms. The second-order valence-corrected chi connectivity index (χ2v) is 1.95. The largest absolute Gasteiger partial charge is 0.324 e. The number of rotatable bonds is 2. The molecule has 0 aliphatic heterocycles. The summed E-state index contributed by atoms with van der Waals surface area (Å²) in [5.74, 6) is 5.06. The van der Waals surface area contributed by atoms with E-state index in [4.69, 9.17) is 5.84 Å². The maximum atomic E-state index is 10.2. The van der Waals surface area contributed by atoms with Crippen LogP contribution in [-0.2, 0) is 0 Å². The summed E-state index contributed by atoms with van der Waals surface area (Å²) in [7, 11) is 0. The fourth-order valence-electron chi connectivity index (χ4n) is 0.679. The van der Waals surface area contributed by atoms with E-state index in [0.29, 0.717) is 5.69 Å². The number of nitrogens with two attached hydrogens (primary N) is 1. The lowest BCUT2D eigenvalue weighted by Gasteiger charge is -1.96. The number of hydrazine groups is 1. The molecule has 66 valence electrons. The summed E-state index contributed by atoms with van der Waals surface area (Å²) in [6.45, 7) is 0. The second kappa shape index (κ2) is 4.68. The predicted octanol–water partition coefficient (Wildman–Crippen LogP) is 1.46. The minimum Gasteiger partial charge on any atom is -0.324 e. The van der Waals surface area contributed by atoms with Gasteiger partial charge in [0, 0.05) is 17.8 Å². The molecule has 0 atom stereocenters. The van der Waals surface area contributed by atoms with Gasteiger partial charge in [0.2, 0.25) is 0 Å². The third-order valence-corrected chi connectivity index (χ3v) is 1.24. The molecule has 1 aromatic carbocycles. The van der Waals surface area contributed by atoms with Crippen molar-refractivity contribution in [3.63, 3.8) is 0 Å². The lowest BCUT2D eigenvalue weighted by Crippen LogP contribution is -2.06. The molecule has 0 unspecified atom stereocenters. The molecule has 0 radical (unpaired) electrons. The molecule has 0 fully saturated rings. The van der Waals surface area contributed by atoms with E-state index in [2.05, 4.69) is 5.43 Å². The van der Waals surface area contributed by atoms with Crippen molar-refractivity contribution < 1.29 is 4.92 Å². The van der Waals surface area contributed by atoms with E-state index in [0.717, 1.165) is 0 Å². The molecule has 0 amide bonds. The number of nitrogens with zero attached hydrogens (tertiary/aromatic N) is 1. The number of nitrogens with one attached hydrogen (secondary N) is 1. The van der Waals surface area contributed by atoms with Gasteiger partial charge >= 0.3 is 0 Å². The first-order valence-corrected chi connectivity index (χ1v) is 2.95. The molecule has 1 rings (SSSR count). The zero-order chi connectivity index (χ0) is 8.27. The highest BCUT2D eigenvalue weighted by Crippen LogP contribution is 2.13. The average molecular weight is 234 g/mol. The number of nitro groups is 1. The molecule has 0 aliphatic rings. The Morgan fingerprint density at radius 3 is 2.17 bits per heavy atom. The fraction of sp³-hybridized carbons (Fsp3) is 0. The van der Waals surface area contributed by atoms with Gasteiger partial charge in [0.15, 0.2) is 0 Å². The fourth-order valence-corrected chi connectivity index (χ4v) is 0.679. The van der Waals surface area contributed by atoms with Crippen molar-refractivity contribution in [2.45, 2.75) is 0 Å². The van der Waals surface area contributed by atoms with Crippen LogP contribution in [0, 0.1) is 10.1 Å². The third kappa shape index (κ3) is 2.48. The molecular weight excluding hydrogens is 226 g/mol. The van der Waals surface area contributed by atoms with Gasteiger partial charge in [-0.25, -0.2) is 0 Å². The van der Waals surface area contributed by atoms with Crippen LogP contribution >= 0.6 is 17.0 Å². The van der Waals surface area contributed by atoms with Gasteiger partial charge in [-0.3, -0.25) is 16.0 Å². The van der Waals surface area contributed by atoms with E-state index in [9.17, 15) is 10.1 Å². The molecule has 0 saturated carbocycles. The molecule has 0 heterocycles. The second-order valence-electron chi connectivity index (χ2n) is 1.95. The van der Waals surface area contributed by atoms with Crippen LogP contribution < -0.4 is 11.3 Å². The standard InChI is InChI=1S/C6H7N3O2.BrH/c7-8-5-1-3-6(4-2-5)9(10)11;/h1-4,8H,7H2;1H. The van der Waals surface area contributed by atoms with E-state index in [1.807, 2.05) is 0 Å². The van der Waals surface area contributed by atoms with E-state index < -0.39 is 4.92 Å². The van der Waals surface area contributed by atoms with Crippen molar-refractivity contribution in [3.8, 4) is 0 Å². The molecule has 12 heavy (non-hydrogen) atoms. The maximum Gasteiger partial charge on any atom is 0.269 e. The smallest absolute Gasteiger partial charge is 0.269 e. The number of non-ortho nitro benzene ring substituents is 1. The van der Waals surface area contributed by atoms with Gasteiger partial charge in [0.25, 0.3) is 5.69 Å². The topological polar surface area (TPSA) is 81.2 Å². The van der Waals surface area contributed by atoms with Crippen molar-refractivity contribution in [2.75, 3.05) is 5.43 Å². The van der Waals surface area contributed by atoms with Crippen LogP contribution in [-0.4, -0.2) is 4.92 Å². The van der Waals surface area contributed by atoms with Gasteiger partial charge < -0.3 is 5.43 Å². The molecule has 0 aromatic heterocycles. The molecule has 3 N–H and O–H groups in total. The van der Waals surface area contributed by atoms with Crippen LogP contribution in [0.4, 0.5) is 11.4 Å². The van der Waals surface area contributed by atoms with Crippen molar-refractivity contribution in [2.24, 2.45) is 5.84 Å². The van der Waals surface area contributed by atoms with Gasteiger partial charge in [0.1, 0.15) is 0 Å². The number of nitro benzene ring substituents is 1. The van der Waals surface area contributed by atoms with Crippen molar-refractivity contribution >= 4 is 28.4 Å². The zero-order valence-electron chi connectivity index (χ0n) is 6.06. The molecule has 1 aromatic rings. The first kappa shape index (κ1) is 10.9. The van der Waals surface area contributed by atoms with E-state index in [1.165, 1.54) is 24.3 Å². The van der Waals surface area contributed by atoms with E-state index >= 15 is 0 Å². The van der Waals surface area contributed by atoms with Crippen molar-refractivity contribution in [3.05, 3.63) is 34.4 Å². The highest BCUT2D eigenvalue weighted by atomic mass is 79.9. The summed E-state index contributed by atoms with van der Waals surface area (Å²) in [5, 5.41) is 10.2. The van der Waals surface area contributed by atoms with E-state index in [-0.39, 0.29) is 22.7 Å². The van der Waals surface area contributed by atoms with Crippen LogP contribution in [0.5, 0.6) is 0 Å². The highest BCUT2D eigenvalue weighted by molar-refractivity contribution is 8.93. The minimum absolute atomic E-state index is 0. The lowest BCUT2D eigenvalue weighted by molar-refractivity contribution is -0.384. The van der Waals surface area contributed by atoms with Crippen LogP contribution in [0.15, 0.2) is 24.3 Å². The highest BCUT2D eigenvalue weighted by Gasteiger charge is 2.01. The number of hydrogen-bond donors (Lipinski definition) is 2. The zero-order valence-corrected chi connectivity index (χ0v) is 7.77. The van der Waals surface area contributed by atoms with Gasteiger partial charge in [-0.1, -0.05) is 0 Å². The lowest BCUT2D eigenvalue weighted by atomic mass is 10.3. The summed E-state index contributed by atoms with van der Waals surface area (Å²) < 4.78 is 0. The molecular formula is C6H8BrN3O2. The quantitative estimate of drug-likeness (QED) is 0.461. The Kier molecular flexibility index (Phi) is 4.24. The number of anilines is 1. The predicted molar refractivity (Wildman–Crippen MR) is 51.2 cm³/mol. The summed E-state index contributed by atoms with van der Waals surface area (Å²) >= 11 is 0. The maximum absolute atomic E-state index is 10.2. The SMILES string of the molecule is Br.NNc1ccc([N+](=O)[O-])cc1. The molecule has 6 heteroatoms. The monoisotopic (exact) mass is 233 g/mol. The molecule has 0 saturated heterocycles. The third-order valence-electron chi connectivity index (χ3n) is 1.24. The summed E-state index contributed by atoms with van der Waals surface area (Å²) in [5.41, 5.74) is 3.08. The number of benzene rings is 1. The number of nitrogen functional groups attached to an aromatic ring is 1. The number of halogens is 1. The van der Waals surface area contributed by atoms with Crippen LogP contribution in [0.1, 0.15) is 0 Å². The molecule has 0 spiro atoms. The van der Waals surface area contributed by atoms with Gasteiger partial charge in [-0.2, -0.15) is 0 Å². The van der Waals surface area contributed by atoms with Crippen LogP contribution in [0.2, 0.25) is 0 Å². The minimum atomic E-state index is -0.458. The summed E-state index contributed by atoms with van der Waals surface area (Å²) in [4.78, 5) is 9.70. The van der Waals surface area contributed by atoms with Crippen LogP contribution in [0.25, 0.3) is 0 Å². The first-order valence-electron chi connectivity index (χ1n) is 2.95. The Hall–Kier alpha value is -1.14. The first-order chi connectivity index (χ1) is 5.24.